The number of fused-ring (bicyclic) bond motifs is 10. The zero-order valence-corrected chi connectivity index (χ0v) is 24.1. The Balaban J connectivity index is 2.01. The average Bonchev–Trinajstić information content (AvgIpc) is 2.92. The van der Waals surface area contributed by atoms with Crippen LogP contribution in [-0.4, -0.2) is 72.2 Å². The maximum atomic E-state index is 13.9. The Morgan fingerprint density at radius 2 is 1.65 bits per heavy atom. The van der Waals surface area contributed by atoms with Gasteiger partial charge in [-0.2, -0.15) is 0 Å². The van der Waals surface area contributed by atoms with E-state index in [9.17, 15) is 19.5 Å². The standard InChI is InChI=1S/C31H42N4O5/c1-19(2)27(36)25-30(38)32-17-16-21-12-14-23(15-13-21)40-28(20(3)4)26(31(39)33-25)34-29(37)24(35(5)6)18-22-10-8-7-9-11-22/h7-17,19-20,24-28,36H,18H2,1-6H3,(H,32,38)(H,33,39)(H,34,37)/t24-,25+,26+,27-,28-/m0/s1. The van der Waals surface area contributed by atoms with Crippen molar-refractivity contribution in [1.82, 2.24) is 20.9 Å². The summed E-state index contributed by atoms with van der Waals surface area (Å²) in [5.74, 6) is -1.52. The number of carbonyl (C=O) groups is 3. The number of hydrogen-bond acceptors (Lipinski definition) is 6. The highest BCUT2D eigenvalue weighted by Crippen LogP contribution is 2.21. The van der Waals surface area contributed by atoms with Crippen LogP contribution in [0.3, 0.4) is 0 Å². The predicted octanol–water partition coefficient (Wildman–Crippen LogP) is 2.35. The van der Waals surface area contributed by atoms with Crippen LogP contribution in [0.15, 0.2) is 60.8 Å². The van der Waals surface area contributed by atoms with E-state index in [0.717, 1.165) is 11.1 Å². The van der Waals surface area contributed by atoms with Gasteiger partial charge in [-0.1, -0.05) is 70.2 Å². The number of nitrogens with one attached hydrogen (secondary N) is 3. The summed E-state index contributed by atoms with van der Waals surface area (Å²) in [6.07, 6.45) is 1.69. The van der Waals surface area contributed by atoms with E-state index in [2.05, 4.69) is 16.0 Å². The molecule has 4 rings (SSSR count). The van der Waals surface area contributed by atoms with Crippen molar-refractivity contribution in [2.75, 3.05) is 14.1 Å². The Kier molecular flexibility index (Phi) is 10.9. The average molecular weight is 551 g/mol. The molecule has 3 amide bonds. The van der Waals surface area contributed by atoms with Crippen molar-refractivity contribution in [3.8, 4) is 5.75 Å². The first-order chi connectivity index (χ1) is 19.0. The monoisotopic (exact) mass is 550 g/mol. The fourth-order valence-electron chi connectivity index (χ4n) is 4.54. The molecule has 2 aromatic rings. The molecule has 0 aromatic heterocycles. The Morgan fingerprint density at radius 3 is 2.23 bits per heavy atom. The molecule has 9 nitrogen and oxygen atoms in total. The second-order valence-electron chi connectivity index (χ2n) is 11.1. The number of nitrogens with zero attached hydrogens (tertiary/aromatic N) is 1. The van der Waals surface area contributed by atoms with Crippen LogP contribution in [0.1, 0.15) is 38.8 Å². The van der Waals surface area contributed by atoms with Crippen molar-refractivity contribution < 1.29 is 24.2 Å². The topological polar surface area (TPSA) is 120 Å². The Labute approximate surface area is 237 Å². The molecule has 2 bridgehead atoms. The minimum absolute atomic E-state index is 0.197. The van der Waals surface area contributed by atoms with Crippen LogP contribution in [0, 0.1) is 11.8 Å². The molecule has 0 fully saturated rings. The van der Waals surface area contributed by atoms with Gasteiger partial charge in [0.1, 0.15) is 23.9 Å². The van der Waals surface area contributed by atoms with Crippen molar-refractivity contribution >= 4 is 23.8 Å². The van der Waals surface area contributed by atoms with Gasteiger partial charge in [0, 0.05) is 6.20 Å². The number of aliphatic hydroxyl groups is 1. The Bertz CT molecular complexity index is 1160. The van der Waals surface area contributed by atoms with E-state index in [4.69, 9.17) is 4.74 Å². The molecule has 2 heterocycles. The largest absolute Gasteiger partial charge is 0.487 e. The summed E-state index contributed by atoms with van der Waals surface area (Å²) >= 11 is 0. The van der Waals surface area contributed by atoms with Gasteiger partial charge < -0.3 is 25.8 Å². The summed E-state index contributed by atoms with van der Waals surface area (Å²) in [6.45, 7) is 7.32. The van der Waals surface area contributed by atoms with E-state index in [1.807, 2.05) is 70.4 Å². The number of ether oxygens (including phenoxy) is 1. The molecule has 2 aromatic carbocycles. The molecule has 0 radical (unpaired) electrons. The van der Waals surface area contributed by atoms with Gasteiger partial charge in [-0.25, -0.2) is 0 Å². The van der Waals surface area contributed by atoms with Crippen LogP contribution in [0.2, 0.25) is 0 Å². The molecular formula is C31H42N4O5. The Hall–Kier alpha value is -3.69. The number of benzene rings is 2. The number of carbonyl (C=O) groups excluding carboxylic acids is 3. The van der Waals surface area contributed by atoms with Crippen LogP contribution < -0.4 is 20.7 Å². The molecule has 40 heavy (non-hydrogen) atoms. The fraction of sp³-hybridized carbons (Fsp3) is 0.452. The van der Waals surface area contributed by atoms with Gasteiger partial charge in [0.15, 0.2) is 0 Å². The zero-order valence-electron chi connectivity index (χ0n) is 24.1. The fourth-order valence-corrected chi connectivity index (χ4v) is 4.54. The number of hydrogen-bond donors (Lipinski definition) is 4. The highest BCUT2D eigenvalue weighted by atomic mass is 16.5. The summed E-state index contributed by atoms with van der Waals surface area (Å²) in [6, 6.07) is 13.9. The van der Waals surface area contributed by atoms with Crippen molar-refractivity contribution in [3.63, 3.8) is 0 Å². The number of amides is 3. The highest BCUT2D eigenvalue weighted by molar-refractivity contribution is 5.94. The van der Waals surface area contributed by atoms with Crippen LogP contribution >= 0.6 is 0 Å². The molecule has 0 unspecified atom stereocenters. The molecule has 9 heteroatoms. The van der Waals surface area contributed by atoms with E-state index in [0.29, 0.717) is 12.2 Å². The molecule has 2 aliphatic rings. The highest BCUT2D eigenvalue weighted by Gasteiger charge is 2.39. The lowest BCUT2D eigenvalue weighted by Gasteiger charge is -2.34. The summed E-state index contributed by atoms with van der Waals surface area (Å²) in [5.41, 5.74) is 1.81. The summed E-state index contributed by atoms with van der Waals surface area (Å²) in [5, 5.41) is 19.2. The van der Waals surface area contributed by atoms with Gasteiger partial charge >= 0.3 is 0 Å². The van der Waals surface area contributed by atoms with Crippen molar-refractivity contribution in [2.45, 2.75) is 64.4 Å². The van der Waals surface area contributed by atoms with E-state index < -0.39 is 42.1 Å². The number of likely N-dealkylation sites (N-methyl/N-ethyl adjacent to an activating group) is 1. The van der Waals surface area contributed by atoms with Gasteiger partial charge in [-0.05, 0) is 61.7 Å². The van der Waals surface area contributed by atoms with Crippen molar-refractivity contribution in [2.24, 2.45) is 11.8 Å². The van der Waals surface area contributed by atoms with Crippen LogP contribution in [0.4, 0.5) is 0 Å². The molecular weight excluding hydrogens is 508 g/mol. The van der Waals surface area contributed by atoms with Crippen LogP contribution in [-0.2, 0) is 20.8 Å². The first-order valence-corrected chi connectivity index (χ1v) is 13.7. The lowest BCUT2D eigenvalue weighted by Crippen LogP contribution is -2.63. The molecule has 0 saturated heterocycles. The lowest BCUT2D eigenvalue weighted by atomic mass is 9.95. The molecule has 0 aliphatic carbocycles. The first kappa shape index (κ1) is 30.8. The second kappa shape index (κ2) is 14.1. The van der Waals surface area contributed by atoms with E-state index in [1.165, 1.54) is 6.20 Å². The molecule has 216 valence electrons. The molecule has 5 atom stereocenters. The van der Waals surface area contributed by atoms with Crippen LogP contribution in [0.5, 0.6) is 5.75 Å². The summed E-state index contributed by atoms with van der Waals surface area (Å²) in [7, 11) is 3.62. The van der Waals surface area contributed by atoms with Crippen molar-refractivity contribution in [3.05, 3.63) is 71.9 Å². The lowest BCUT2D eigenvalue weighted by molar-refractivity contribution is -0.137. The maximum Gasteiger partial charge on any atom is 0.249 e. The third-order valence-corrected chi connectivity index (χ3v) is 7.02. The van der Waals surface area contributed by atoms with E-state index in [-0.39, 0.29) is 17.7 Å². The van der Waals surface area contributed by atoms with Gasteiger partial charge in [0.05, 0.1) is 12.1 Å². The molecule has 0 spiro atoms. The number of rotatable bonds is 8. The normalized spacial score (nSPS) is 21.4. The summed E-state index contributed by atoms with van der Waals surface area (Å²) < 4.78 is 6.31. The quantitative estimate of drug-likeness (QED) is 0.401. The van der Waals surface area contributed by atoms with Gasteiger partial charge in [-0.3, -0.25) is 19.3 Å². The van der Waals surface area contributed by atoms with E-state index >= 15 is 0 Å². The molecule has 0 saturated carbocycles. The smallest absolute Gasteiger partial charge is 0.249 e. The number of aliphatic hydroxyl groups excluding tert-OH is 1. The Morgan fingerprint density at radius 1 is 1.00 bits per heavy atom. The van der Waals surface area contributed by atoms with Gasteiger partial charge in [0.2, 0.25) is 17.7 Å². The summed E-state index contributed by atoms with van der Waals surface area (Å²) in [4.78, 5) is 42.5. The minimum Gasteiger partial charge on any atom is -0.487 e. The predicted molar refractivity (Wildman–Crippen MR) is 155 cm³/mol. The third-order valence-electron chi connectivity index (χ3n) is 7.02. The second-order valence-corrected chi connectivity index (χ2v) is 11.1. The zero-order chi connectivity index (χ0) is 29.4. The van der Waals surface area contributed by atoms with Gasteiger partial charge in [0.25, 0.3) is 0 Å². The van der Waals surface area contributed by atoms with E-state index in [1.54, 1.807) is 37.0 Å². The van der Waals surface area contributed by atoms with Gasteiger partial charge in [-0.15, -0.1) is 0 Å². The SMILES string of the molecule is CC(C)[C@H](O)[C@H]1NC(=O)[C@H](NC(=O)[C@H](Cc2ccccc2)N(C)C)[C@H](C(C)C)Oc2ccc(cc2)C=CNC1=O. The minimum atomic E-state index is -1.25. The molecule has 4 N–H and O–H groups in total. The third kappa shape index (κ3) is 8.16. The molecule has 2 aliphatic heterocycles. The first-order valence-electron chi connectivity index (χ1n) is 13.7. The maximum absolute atomic E-state index is 13.9. The van der Waals surface area contributed by atoms with Crippen LogP contribution in [0.25, 0.3) is 6.08 Å². The van der Waals surface area contributed by atoms with Crippen molar-refractivity contribution in [1.29, 1.82) is 0 Å².